The van der Waals surface area contributed by atoms with Gasteiger partial charge in [-0.3, -0.25) is 4.79 Å². The van der Waals surface area contributed by atoms with Crippen molar-refractivity contribution in [3.05, 3.63) is 21.3 Å². The second kappa shape index (κ2) is 10.7. The lowest BCUT2D eigenvalue weighted by Crippen LogP contribution is -2.46. The van der Waals surface area contributed by atoms with Gasteiger partial charge in [0.25, 0.3) is 0 Å². The van der Waals surface area contributed by atoms with E-state index in [0.717, 1.165) is 60.6 Å². The van der Waals surface area contributed by atoms with Gasteiger partial charge in [0.2, 0.25) is 5.91 Å². The first-order valence-corrected chi connectivity index (χ1v) is 14.8. The Kier molecular flexibility index (Phi) is 8.04. The predicted octanol–water partition coefficient (Wildman–Crippen LogP) is 6.86. The van der Waals surface area contributed by atoms with Crippen molar-refractivity contribution in [2.45, 2.75) is 100 Å². The zero-order valence-corrected chi connectivity index (χ0v) is 22.9. The minimum Gasteiger partial charge on any atom is -0.477 e. The van der Waals surface area contributed by atoms with E-state index in [-0.39, 0.29) is 23.3 Å². The van der Waals surface area contributed by atoms with Gasteiger partial charge < -0.3 is 10.0 Å². The van der Waals surface area contributed by atoms with Crippen LogP contribution in [-0.2, 0) is 10.2 Å². The fourth-order valence-corrected chi connectivity index (χ4v) is 8.03. The van der Waals surface area contributed by atoms with Crippen LogP contribution in [0, 0.1) is 11.8 Å². The van der Waals surface area contributed by atoms with Crippen molar-refractivity contribution in [2.75, 3.05) is 4.90 Å². The summed E-state index contributed by atoms with van der Waals surface area (Å²) in [5.41, 5.74) is 2.21. The molecule has 1 amide bonds. The largest absolute Gasteiger partial charge is 0.477 e. The maximum absolute atomic E-state index is 14.0. The van der Waals surface area contributed by atoms with Gasteiger partial charge in [-0.2, -0.15) is 0 Å². The first-order chi connectivity index (χ1) is 16.1. The lowest BCUT2D eigenvalue weighted by molar-refractivity contribution is -0.124. The van der Waals surface area contributed by atoms with E-state index in [1.54, 1.807) is 28.6 Å². The highest BCUT2D eigenvalue weighted by atomic mass is 32.2. The molecule has 2 aromatic heterocycles. The highest BCUT2D eigenvalue weighted by molar-refractivity contribution is 8.01. The molecule has 4 rings (SSSR count). The molecule has 2 aliphatic rings. The molecule has 2 aromatic rings. The number of aromatic nitrogens is 2. The van der Waals surface area contributed by atoms with Crippen LogP contribution in [0.2, 0.25) is 0 Å². The highest BCUT2D eigenvalue weighted by Gasteiger charge is 2.38. The van der Waals surface area contributed by atoms with Crippen molar-refractivity contribution in [1.29, 1.82) is 0 Å². The molecular formula is C25H35N3O3S3. The van der Waals surface area contributed by atoms with Crippen LogP contribution in [0.5, 0.6) is 0 Å². The number of rotatable bonds is 6. The zero-order valence-electron chi connectivity index (χ0n) is 20.5. The van der Waals surface area contributed by atoms with E-state index in [9.17, 15) is 14.7 Å². The third-order valence-electron chi connectivity index (χ3n) is 7.12. The maximum atomic E-state index is 14.0. The molecule has 6 nitrogen and oxygen atoms in total. The van der Waals surface area contributed by atoms with Crippen LogP contribution in [-0.4, -0.2) is 38.5 Å². The number of aromatic carboxylic acids is 1. The van der Waals surface area contributed by atoms with Crippen molar-refractivity contribution >= 4 is 52.0 Å². The minimum atomic E-state index is -0.939. The minimum absolute atomic E-state index is 0.00989. The maximum Gasteiger partial charge on any atom is 0.348 e. The number of nitrogens with zero attached hydrogens (tertiary/aromatic N) is 3. The third-order valence-corrected chi connectivity index (χ3v) is 10.8. The molecule has 0 bridgehead atoms. The quantitative estimate of drug-likeness (QED) is 0.447. The molecule has 0 spiro atoms. The van der Waals surface area contributed by atoms with Gasteiger partial charge in [-0.1, -0.05) is 50.8 Å². The summed E-state index contributed by atoms with van der Waals surface area (Å²) in [4.78, 5) is 29.5. The van der Waals surface area contributed by atoms with E-state index in [2.05, 4.69) is 37.9 Å². The molecule has 34 heavy (non-hydrogen) atoms. The number of carboxylic acid groups (broad SMARTS) is 1. The summed E-state index contributed by atoms with van der Waals surface area (Å²) < 4.78 is 0.994. The van der Waals surface area contributed by atoms with Gasteiger partial charge in [-0.25, -0.2) is 4.79 Å². The summed E-state index contributed by atoms with van der Waals surface area (Å²) in [5, 5.41) is 18.6. The second-order valence-electron chi connectivity index (χ2n) is 10.8. The molecule has 0 aliphatic heterocycles. The Labute approximate surface area is 214 Å². The Morgan fingerprint density at radius 2 is 1.76 bits per heavy atom. The van der Waals surface area contributed by atoms with Gasteiger partial charge in [-0.05, 0) is 68.8 Å². The van der Waals surface area contributed by atoms with Crippen LogP contribution < -0.4 is 4.90 Å². The third kappa shape index (κ3) is 5.85. The fraction of sp³-hybridized carbons (Fsp3) is 0.680. The van der Waals surface area contributed by atoms with Crippen LogP contribution in [0.25, 0.3) is 0 Å². The van der Waals surface area contributed by atoms with Crippen molar-refractivity contribution in [3.8, 4) is 0 Å². The van der Waals surface area contributed by atoms with Crippen LogP contribution in [0.15, 0.2) is 15.9 Å². The fourth-order valence-electron chi connectivity index (χ4n) is 5.06. The predicted molar refractivity (Wildman–Crippen MR) is 140 cm³/mol. The first-order valence-electron chi connectivity index (χ1n) is 12.3. The second-order valence-corrected chi connectivity index (χ2v) is 14.2. The number of thiophene rings is 1. The van der Waals surface area contributed by atoms with Crippen LogP contribution in [0.1, 0.15) is 93.6 Å². The van der Waals surface area contributed by atoms with E-state index >= 15 is 0 Å². The first kappa shape index (κ1) is 25.6. The van der Waals surface area contributed by atoms with Crippen molar-refractivity contribution in [1.82, 2.24) is 10.2 Å². The molecule has 2 aliphatic carbocycles. The SMILES string of the molecule is CC(C)(C)c1cc(N(C(=O)[C@H]2CC[C@H](C)CC2)[C@H]2CC[C@H](Sc3nncs3)CC2)c(C(=O)O)s1. The van der Waals surface area contributed by atoms with Gasteiger partial charge >= 0.3 is 5.97 Å². The lowest BCUT2D eigenvalue weighted by atomic mass is 9.81. The van der Waals surface area contributed by atoms with Crippen molar-refractivity contribution in [2.24, 2.45) is 11.8 Å². The van der Waals surface area contributed by atoms with E-state index in [1.807, 2.05) is 11.0 Å². The van der Waals surface area contributed by atoms with Crippen LogP contribution >= 0.6 is 34.4 Å². The smallest absolute Gasteiger partial charge is 0.348 e. The Hall–Kier alpha value is -1.45. The molecule has 2 fully saturated rings. The number of amides is 1. The Balaban J connectivity index is 1.61. The molecule has 2 saturated carbocycles. The molecule has 0 saturated heterocycles. The summed E-state index contributed by atoms with van der Waals surface area (Å²) in [6, 6.07) is 2.03. The summed E-state index contributed by atoms with van der Waals surface area (Å²) >= 11 is 4.67. The van der Waals surface area contributed by atoms with Crippen molar-refractivity contribution < 1.29 is 14.7 Å². The van der Waals surface area contributed by atoms with Gasteiger partial charge in [0, 0.05) is 22.1 Å². The number of carboxylic acids is 1. The van der Waals surface area contributed by atoms with E-state index in [4.69, 9.17) is 0 Å². The average Bonchev–Trinajstić information content (AvgIpc) is 3.46. The molecule has 9 heteroatoms. The van der Waals surface area contributed by atoms with Gasteiger partial charge in [0.1, 0.15) is 10.4 Å². The molecule has 0 atom stereocenters. The Bertz CT molecular complexity index is 983. The number of anilines is 1. The molecule has 1 N–H and O–H groups in total. The Morgan fingerprint density at radius 1 is 1.09 bits per heavy atom. The molecule has 0 unspecified atom stereocenters. The zero-order chi connectivity index (χ0) is 24.5. The standard InChI is InChI=1S/C25H35N3O3S3/c1-15-5-7-16(8-6-15)22(29)28(19-13-20(25(2,3)4)34-21(19)23(30)31)17-9-11-18(12-10-17)33-24-27-26-14-32-24/h13-18H,5-12H2,1-4H3,(H,30,31)/t15-,16-,17-,18-. The molecular weight excluding hydrogens is 486 g/mol. The Morgan fingerprint density at radius 3 is 2.32 bits per heavy atom. The summed E-state index contributed by atoms with van der Waals surface area (Å²) in [7, 11) is 0. The number of hydrogen-bond donors (Lipinski definition) is 1. The number of thioether (sulfide) groups is 1. The number of hydrogen-bond acceptors (Lipinski definition) is 7. The topological polar surface area (TPSA) is 83.4 Å². The molecule has 186 valence electrons. The van der Waals surface area contributed by atoms with Crippen LogP contribution in [0.3, 0.4) is 0 Å². The van der Waals surface area contributed by atoms with Gasteiger partial charge in [-0.15, -0.1) is 21.5 Å². The van der Waals surface area contributed by atoms with E-state index in [0.29, 0.717) is 21.7 Å². The monoisotopic (exact) mass is 521 g/mol. The summed E-state index contributed by atoms with van der Waals surface area (Å²) in [6.45, 7) is 8.54. The highest BCUT2D eigenvalue weighted by Crippen LogP contribution is 2.43. The van der Waals surface area contributed by atoms with Gasteiger partial charge in [0.15, 0.2) is 4.34 Å². The number of carbonyl (C=O) groups excluding carboxylic acids is 1. The van der Waals surface area contributed by atoms with E-state index < -0.39 is 5.97 Å². The van der Waals surface area contributed by atoms with E-state index in [1.165, 1.54) is 11.3 Å². The van der Waals surface area contributed by atoms with Crippen LogP contribution in [0.4, 0.5) is 5.69 Å². The lowest BCUT2D eigenvalue weighted by Gasteiger charge is -2.39. The van der Waals surface area contributed by atoms with Gasteiger partial charge in [0.05, 0.1) is 5.69 Å². The normalized spacial score (nSPS) is 25.8. The van der Waals surface area contributed by atoms with Crippen molar-refractivity contribution in [3.63, 3.8) is 0 Å². The average molecular weight is 522 g/mol. The summed E-state index contributed by atoms with van der Waals surface area (Å²) in [6.07, 6.45) is 7.67. The molecule has 0 radical (unpaired) electrons. The molecule has 0 aromatic carbocycles. The number of carbonyl (C=O) groups is 2. The summed E-state index contributed by atoms with van der Waals surface area (Å²) in [5.74, 6) is -0.156. The molecule has 2 heterocycles.